The van der Waals surface area contributed by atoms with E-state index in [9.17, 15) is 0 Å². The second kappa shape index (κ2) is 4.98. The molecule has 4 heteroatoms. The van der Waals surface area contributed by atoms with Crippen molar-refractivity contribution in [1.82, 2.24) is 4.98 Å². The molecule has 0 saturated carbocycles. The summed E-state index contributed by atoms with van der Waals surface area (Å²) in [6.45, 7) is 1.91. The molecule has 0 atom stereocenters. The fourth-order valence-corrected chi connectivity index (χ4v) is 1.68. The van der Waals surface area contributed by atoms with Crippen molar-refractivity contribution in [3.63, 3.8) is 0 Å². The molecule has 1 aromatic heterocycles. The molecule has 0 bridgehead atoms. The molecular weight excluding hydrogens is 280 g/mol. The molecule has 0 aliphatic heterocycles. The van der Waals surface area contributed by atoms with Gasteiger partial charge in [0.25, 0.3) is 0 Å². The highest BCUT2D eigenvalue weighted by molar-refractivity contribution is 9.10. The van der Waals surface area contributed by atoms with E-state index in [0.717, 1.165) is 10.2 Å². The summed E-state index contributed by atoms with van der Waals surface area (Å²) >= 11 is 3.31. The lowest BCUT2D eigenvalue weighted by Crippen LogP contribution is -1.89. The highest BCUT2D eigenvalue weighted by atomic mass is 79.9. The summed E-state index contributed by atoms with van der Waals surface area (Å²) in [6, 6.07) is 11.1. The summed E-state index contributed by atoms with van der Waals surface area (Å²) in [4.78, 5) is 4.13. The largest absolute Gasteiger partial charge is 0.454 e. The molecule has 0 fully saturated rings. The second-order valence-electron chi connectivity index (χ2n) is 3.49. The summed E-state index contributed by atoms with van der Waals surface area (Å²) < 4.78 is 6.45. The lowest BCUT2D eigenvalue weighted by atomic mass is 10.2. The van der Waals surface area contributed by atoms with Gasteiger partial charge in [-0.05, 0) is 37.3 Å². The van der Waals surface area contributed by atoms with Crippen LogP contribution in [-0.2, 0) is 0 Å². The first kappa shape index (κ1) is 11.6. The zero-order chi connectivity index (χ0) is 12.3. The van der Waals surface area contributed by atoms with E-state index in [2.05, 4.69) is 27.0 Å². The zero-order valence-corrected chi connectivity index (χ0v) is 10.7. The minimum atomic E-state index is 0.486. The number of rotatable bonds is 2. The molecule has 2 rings (SSSR count). The van der Waals surface area contributed by atoms with E-state index in [-0.39, 0.29) is 0 Å². The van der Waals surface area contributed by atoms with E-state index in [4.69, 9.17) is 10.00 Å². The molecule has 0 spiro atoms. The molecule has 17 heavy (non-hydrogen) atoms. The van der Waals surface area contributed by atoms with Gasteiger partial charge in [-0.2, -0.15) is 5.26 Å². The van der Waals surface area contributed by atoms with Crippen LogP contribution in [-0.4, -0.2) is 4.98 Å². The van der Waals surface area contributed by atoms with Crippen molar-refractivity contribution in [2.24, 2.45) is 0 Å². The third-order valence-corrected chi connectivity index (χ3v) is 2.67. The Kier molecular flexibility index (Phi) is 3.40. The third kappa shape index (κ3) is 2.83. The smallest absolute Gasteiger partial charge is 0.145 e. The molecule has 1 heterocycles. The van der Waals surface area contributed by atoms with Crippen LogP contribution in [0.3, 0.4) is 0 Å². The fraction of sp³-hybridized carbons (Fsp3) is 0.0769. The van der Waals surface area contributed by atoms with Crippen molar-refractivity contribution >= 4 is 15.9 Å². The van der Waals surface area contributed by atoms with Crippen LogP contribution in [0.5, 0.6) is 11.5 Å². The summed E-state index contributed by atoms with van der Waals surface area (Å²) in [5.74, 6) is 1.15. The van der Waals surface area contributed by atoms with Gasteiger partial charge >= 0.3 is 0 Å². The van der Waals surface area contributed by atoms with Gasteiger partial charge in [-0.3, -0.25) is 4.98 Å². The van der Waals surface area contributed by atoms with E-state index >= 15 is 0 Å². The summed E-state index contributed by atoms with van der Waals surface area (Å²) in [5.41, 5.74) is 1.41. The number of aryl methyl sites for hydroxylation is 1. The maximum Gasteiger partial charge on any atom is 0.145 e. The number of benzene rings is 1. The van der Waals surface area contributed by atoms with Crippen LogP contribution in [0.2, 0.25) is 0 Å². The van der Waals surface area contributed by atoms with Crippen LogP contribution >= 0.6 is 15.9 Å². The van der Waals surface area contributed by atoms with E-state index in [1.54, 1.807) is 18.3 Å². The first-order valence-corrected chi connectivity index (χ1v) is 5.78. The van der Waals surface area contributed by atoms with Gasteiger partial charge in [-0.1, -0.05) is 15.9 Å². The van der Waals surface area contributed by atoms with Gasteiger partial charge in [0, 0.05) is 10.2 Å². The molecule has 3 nitrogen and oxygen atoms in total. The number of nitriles is 1. The maximum absolute atomic E-state index is 9.00. The van der Waals surface area contributed by atoms with Crippen LogP contribution in [0.1, 0.15) is 11.3 Å². The normalized spacial score (nSPS) is 9.71. The molecule has 0 N–H and O–H groups in total. The quantitative estimate of drug-likeness (QED) is 0.844. The van der Waals surface area contributed by atoms with Crippen molar-refractivity contribution in [2.45, 2.75) is 6.92 Å². The lowest BCUT2D eigenvalue weighted by Gasteiger charge is -2.07. The fourth-order valence-electron chi connectivity index (χ4n) is 1.32. The summed E-state index contributed by atoms with van der Waals surface area (Å²) in [7, 11) is 0. The highest BCUT2D eigenvalue weighted by Crippen LogP contribution is 2.27. The Labute approximate surface area is 108 Å². The minimum absolute atomic E-state index is 0.486. The Bertz CT molecular complexity index is 573. The Morgan fingerprint density at radius 3 is 2.76 bits per heavy atom. The van der Waals surface area contributed by atoms with E-state index < -0.39 is 0 Å². The molecule has 1 aromatic carbocycles. The second-order valence-corrected chi connectivity index (χ2v) is 4.41. The Morgan fingerprint density at radius 1 is 1.29 bits per heavy atom. The van der Waals surface area contributed by atoms with Crippen molar-refractivity contribution in [2.75, 3.05) is 0 Å². The maximum atomic E-state index is 9.00. The minimum Gasteiger partial charge on any atom is -0.454 e. The number of hydrogen-bond acceptors (Lipinski definition) is 3. The highest BCUT2D eigenvalue weighted by Gasteiger charge is 2.05. The molecular formula is C13H9BrN2O. The number of hydrogen-bond donors (Lipinski definition) is 0. The summed E-state index contributed by atoms with van der Waals surface area (Å²) in [5, 5.41) is 9.00. The van der Waals surface area contributed by atoms with Gasteiger partial charge in [0.15, 0.2) is 0 Å². The van der Waals surface area contributed by atoms with Crippen LogP contribution in [0.25, 0.3) is 0 Å². The van der Waals surface area contributed by atoms with Crippen LogP contribution in [0.4, 0.5) is 0 Å². The molecule has 0 radical (unpaired) electrons. The van der Waals surface area contributed by atoms with E-state index in [0.29, 0.717) is 17.1 Å². The van der Waals surface area contributed by atoms with Gasteiger partial charge in [0.2, 0.25) is 0 Å². The van der Waals surface area contributed by atoms with Gasteiger partial charge in [-0.25, -0.2) is 0 Å². The molecule has 84 valence electrons. The molecule has 0 saturated heterocycles. The SMILES string of the molecule is Cc1ccc(Oc2ccc(Br)cc2C#N)cn1. The number of halogens is 1. The average Bonchev–Trinajstić information content (AvgIpc) is 2.34. The van der Waals surface area contributed by atoms with Gasteiger partial charge < -0.3 is 4.74 Å². The first-order chi connectivity index (χ1) is 8.19. The lowest BCUT2D eigenvalue weighted by molar-refractivity contribution is 0.478. The van der Waals surface area contributed by atoms with E-state index in [1.807, 2.05) is 25.1 Å². The third-order valence-electron chi connectivity index (χ3n) is 2.17. The summed E-state index contributed by atoms with van der Waals surface area (Å²) in [6.07, 6.45) is 1.64. The van der Waals surface area contributed by atoms with Crippen LogP contribution < -0.4 is 4.74 Å². The monoisotopic (exact) mass is 288 g/mol. The van der Waals surface area contributed by atoms with Gasteiger partial charge in [-0.15, -0.1) is 0 Å². The van der Waals surface area contributed by atoms with Crippen molar-refractivity contribution in [1.29, 1.82) is 5.26 Å². The standard InChI is InChI=1S/C13H9BrN2O/c1-9-2-4-12(8-16-9)17-13-5-3-11(14)6-10(13)7-15/h2-6,8H,1H3. The predicted octanol–water partition coefficient (Wildman–Crippen LogP) is 3.82. The van der Waals surface area contributed by atoms with Crippen LogP contribution in [0, 0.1) is 18.3 Å². The number of nitrogens with zero attached hydrogens (tertiary/aromatic N) is 2. The predicted molar refractivity (Wildman–Crippen MR) is 67.9 cm³/mol. The topological polar surface area (TPSA) is 45.9 Å². The van der Waals surface area contributed by atoms with Gasteiger partial charge in [0.1, 0.15) is 17.6 Å². The Balaban J connectivity index is 2.30. The van der Waals surface area contributed by atoms with Crippen molar-refractivity contribution < 1.29 is 4.74 Å². The molecule has 0 aliphatic rings. The molecule has 2 aromatic rings. The zero-order valence-electron chi connectivity index (χ0n) is 9.14. The number of aromatic nitrogens is 1. The van der Waals surface area contributed by atoms with Crippen molar-refractivity contribution in [3.8, 4) is 17.6 Å². The molecule has 0 amide bonds. The van der Waals surface area contributed by atoms with Crippen molar-refractivity contribution in [3.05, 3.63) is 52.3 Å². The first-order valence-electron chi connectivity index (χ1n) is 4.99. The Hall–Kier alpha value is -1.86. The van der Waals surface area contributed by atoms with Crippen LogP contribution in [0.15, 0.2) is 41.0 Å². The number of pyridine rings is 1. The molecule has 0 aliphatic carbocycles. The average molecular weight is 289 g/mol. The van der Waals surface area contributed by atoms with E-state index in [1.165, 1.54) is 0 Å². The molecule has 0 unspecified atom stereocenters. The van der Waals surface area contributed by atoms with Gasteiger partial charge in [0.05, 0.1) is 11.8 Å². The Morgan fingerprint density at radius 2 is 2.12 bits per heavy atom. The number of ether oxygens (including phenoxy) is 1.